The van der Waals surface area contributed by atoms with E-state index in [9.17, 15) is 27.2 Å². The average Bonchev–Trinajstić information content (AvgIpc) is 2.74. The number of hydrogen-bond acceptors (Lipinski definition) is 4. The predicted octanol–water partition coefficient (Wildman–Crippen LogP) is 5.72. The van der Waals surface area contributed by atoms with Crippen LogP contribution < -0.4 is 14.8 Å². The Balaban J connectivity index is 0.000000439. The first-order valence-electron chi connectivity index (χ1n) is 9.16. The zero-order valence-corrected chi connectivity index (χ0v) is 17.1. The van der Waals surface area contributed by atoms with Gasteiger partial charge in [0.1, 0.15) is 11.6 Å². The van der Waals surface area contributed by atoms with E-state index in [2.05, 4.69) is 10.1 Å². The van der Waals surface area contributed by atoms with E-state index in [1.54, 1.807) is 30.3 Å². The summed E-state index contributed by atoms with van der Waals surface area (Å²) < 4.78 is 60.9. The van der Waals surface area contributed by atoms with Gasteiger partial charge >= 0.3 is 12.1 Å². The lowest BCUT2D eigenvalue weighted by Gasteiger charge is -2.15. The standard InChI is InChI=1S/C17H14F3NO4.C6H5F/c1-10(22)25-15-13(4-3-5-14(15)17(18,19)20)16(23)21-11-6-8-12(24-2)9-7-11;7-6-4-2-1-3-5-6/h3-9H,1-2H3,(H,21,23);1-5H. The van der Waals surface area contributed by atoms with Crippen LogP contribution in [0.25, 0.3) is 0 Å². The number of anilines is 1. The minimum Gasteiger partial charge on any atom is -0.497 e. The van der Waals surface area contributed by atoms with Crippen LogP contribution in [0.3, 0.4) is 0 Å². The van der Waals surface area contributed by atoms with Gasteiger partial charge in [-0.25, -0.2) is 4.39 Å². The van der Waals surface area contributed by atoms with Crippen molar-refractivity contribution in [1.29, 1.82) is 0 Å². The minimum atomic E-state index is -4.78. The number of rotatable bonds is 4. The molecule has 3 aromatic carbocycles. The number of hydrogen-bond donors (Lipinski definition) is 1. The van der Waals surface area contributed by atoms with Gasteiger partial charge in [-0.3, -0.25) is 9.59 Å². The third kappa shape index (κ3) is 7.12. The molecule has 0 spiro atoms. The smallest absolute Gasteiger partial charge is 0.420 e. The van der Waals surface area contributed by atoms with Crippen molar-refractivity contribution in [3.63, 3.8) is 0 Å². The third-order valence-electron chi connectivity index (χ3n) is 3.89. The van der Waals surface area contributed by atoms with E-state index < -0.39 is 34.9 Å². The van der Waals surface area contributed by atoms with Crippen LogP contribution in [0, 0.1) is 5.82 Å². The van der Waals surface area contributed by atoms with Crippen molar-refractivity contribution < 1.29 is 36.6 Å². The molecule has 0 bridgehead atoms. The molecule has 0 aromatic heterocycles. The van der Waals surface area contributed by atoms with Gasteiger partial charge in [0.2, 0.25) is 0 Å². The molecule has 0 aliphatic heterocycles. The Bertz CT molecular complexity index is 1050. The van der Waals surface area contributed by atoms with Gasteiger partial charge in [0.05, 0.1) is 18.2 Å². The number of ether oxygens (including phenoxy) is 2. The fourth-order valence-corrected chi connectivity index (χ4v) is 2.48. The molecular formula is C23H19F4NO4. The second-order valence-electron chi connectivity index (χ2n) is 6.25. The maximum absolute atomic E-state index is 13.1. The first-order valence-corrected chi connectivity index (χ1v) is 9.16. The summed E-state index contributed by atoms with van der Waals surface area (Å²) in [7, 11) is 1.47. The molecule has 0 radical (unpaired) electrons. The monoisotopic (exact) mass is 449 g/mol. The van der Waals surface area contributed by atoms with Gasteiger partial charge < -0.3 is 14.8 Å². The maximum Gasteiger partial charge on any atom is 0.420 e. The molecule has 0 heterocycles. The molecule has 0 atom stereocenters. The molecule has 3 rings (SSSR count). The summed E-state index contributed by atoms with van der Waals surface area (Å²) in [6, 6.07) is 17.1. The average molecular weight is 449 g/mol. The van der Waals surface area contributed by atoms with Crippen molar-refractivity contribution in [1.82, 2.24) is 0 Å². The Morgan fingerprint density at radius 1 is 0.875 bits per heavy atom. The molecule has 0 aliphatic carbocycles. The Hall–Kier alpha value is -3.88. The van der Waals surface area contributed by atoms with E-state index in [1.165, 1.54) is 31.4 Å². The molecule has 3 aromatic rings. The van der Waals surface area contributed by atoms with E-state index >= 15 is 0 Å². The van der Waals surface area contributed by atoms with Crippen LogP contribution in [0.1, 0.15) is 22.8 Å². The summed E-state index contributed by atoms with van der Waals surface area (Å²) in [4.78, 5) is 23.5. The number of nitrogens with one attached hydrogen (secondary N) is 1. The lowest BCUT2D eigenvalue weighted by atomic mass is 10.1. The van der Waals surface area contributed by atoms with Gasteiger partial charge in [0.25, 0.3) is 5.91 Å². The number of methoxy groups -OCH3 is 1. The number of carbonyl (C=O) groups is 2. The minimum absolute atomic E-state index is 0.178. The number of para-hydroxylation sites is 1. The lowest BCUT2D eigenvalue weighted by Crippen LogP contribution is -2.18. The summed E-state index contributed by atoms with van der Waals surface area (Å²) >= 11 is 0. The quantitative estimate of drug-likeness (QED) is 0.315. The summed E-state index contributed by atoms with van der Waals surface area (Å²) in [5, 5.41) is 2.45. The van der Waals surface area contributed by atoms with Crippen LogP contribution in [0.4, 0.5) is 23.2 Å². The van der Waals surface area contributed by atoms with Gasteiger partial charge in [-0.15, -0.1) is 0 Å². The third-order valence-corrected chi connectivity index (χ3v) is 3.89. The zero-order valence-electron chi connectivity index (χ0n) is 17.1. The van der Waals surface area contributed by atoms with E-state index in [4.69, 9.17) is 4.74 Å². The van der Waals surface area contributed by atoms with Crippen molar-refractivity contribution in [2.24, 2.45) is 0 Å². The van der Waals surface area contributed by atoms with Gasteiger partial charge in [0, 0.05) is 12.6 Å². The Kier molecular flexibility index (Phi) is 8.34. The molecule has 9 heteroatoms. The Labute approximate surface area is 181 Å². The van der Waals surface area contributed by atoms with Crippen LogP contribution in [0.5, 0.6) is 11.5 Å². The van der Waals surface area contributed by atoms with E-state index in [1.807, 2.05) is 0 Å². The highest BCUT2D eigenvalue weighted by Gasteiger charge is 2.36. The fourth-order valence-electron chi connectivity index (χ4n) is 2.48. The normalized spacial score (nSPS) is 10.4. The second-order valence-corrected chi connectivity index (χ2v) is 6.25. The molecule has 168 valence electrons. The molecule has 0 saturated heterocycles. The van der Waals surface area contributed by atoms with Crippen LogP contribution in [0.15, 0.2) is 72.8 Å². The summed E-state index contributed by atoms with van der Waals surface area (Å²) in [6.07, 6.45) is -4.78. The SMILES string of the molecule is COc1ccc(NC(=O)c2cccc(C(F)(F)F)c2OC(C)=O)cc1.Fc1ccccc1. The molecular weight excluding hydrogens is 430 g/mol. The largest absolute Gasteiger partial charge is 0.497 e. The van der Waals surface area contributed by atoms with Crippen LogP contribution in [-0.2, 0) is 11.0 Å². The molecule has 32 heavy (non-hydrogen) atoms. The van der Waals surface area contributed by atoms with E-state index in [0.29, 0.717) is 11.4 Å². The van der Waals surface area contributed by atoms with Crippen LogP contribution in [0.2, 0.25) is 0 Å². The highest BCUT2D eigenvalue weighted by molar-refractivity contribution is 6.06. The number of carbonyl (C=O) groups excluding carboxylic acids is 2. The van der Waals surface area contributed by atoms with Crippen LogP contribution >= 0.6 is 0 Å². The topological polar surface area (TPSA) is 64.6 Å². The zero-order chi connectivity index (χ0) is 23.7. The van der Waals surface area contributed by atoms with Gasteiger partial charge in [-0.2, -0.15) is 13.2 Å². The summed E-state index contributed by atoms with van der Waals surface area (Å²) in [5.41, 5.74) is -1.26. The fraction of sp³-hybridized carbons (Fsp3) is 0.130. The van der Waals surface area contributed by atoms with Crippen molar-refractivity contribution in [3.8, 4) is 11.5 Å². The number of halogens is 4. The molecule has 5 nitrogen and oxygen atoms in total. The number of amides is 1. The lowest BCUT2D eigenvalue weighted by molar-refractivity contribution is -0.141. The van der Waals surface area contributed by atoms with Crippen molar-refractivity contribution in [2.45, 2.75) is 13.1 Å². The molecule has 0 saturated carbocycles. The maximum atomic E-state index is 13.1. The second kappa shape index (κ2) is 10.9. The summed E-state index contributed by atoms with van der Waals surface area (Å²) in [6.45, 7) is 0.957. The predicted molar refractivity (Wildman–Crippen MR) is 110 cm³/mol. The Morgan fingerprint density at radius 3 is 1.97 bits per heavy atom. The van der Waals surface area contributed by atoms with Crippen molar-refractivity contribution >= 4 is 17.6 Å². The van der Waals surface area contributed by atoms with Crippen molar-refractivity contribution in [3.05, 3.63) is 89.7 Å². The molecule has 0 fully saturated rings. The summed E-state index contributed by atoms with van der Waals surface area (Å²) in [5.74, 6) is -2.25. The molecule has 0 unspecified atom stereocenters. The number of benzene rings is 3. The van der Waals surface area contributed by atoms with Crippen LogP contribution in [-0.4, -0.2) is 19.0 Å². The highest BCUT2D eigenvalue weighted by atomic mass is 19.4. The van der Waals surface area contributed by atoms with Gasteiger partial charge in [-0.05, 0) is 48.5 Å². The first kappa shape index (κ1) is 24.4. The van der Waals surface area contributed by atoms with Gasteiger partial charge in [0.15, 0.2) is 5.75 Å². The molecule has 1 N–H and O–H groups in total. The van der Waals surface area contributed by atoms with Crippen molar-refractivity contribution in [2.75, 3.05) is 12.4 Å². The highest BCUT2D eigenvalue weighted by Crippen LogP contribution is 2.38. The van der Waals surface area contributed by atoms with E-state index in [-0.39, 0.29) is 5.82 Å². The Morgan fingerprint density at radius 2 is 1.50 bits per heavy atom. The van der Waals surface area contributed by atoms with Gasteiger partial charge in [-0.1, -0.05) is 24.3 Å². The number of alkyl halides is 3. The number of esters is 1. The first-order chi connectivity index (χ1) is 15.1. The van der Waals surface area contributed by atoms with E-state index in [0.717, 1.165) is 25.1 Å². The molecule has 0 aliphatic rings. The molecule has 1 amide bonds.